The Bertz CT molecular complexity index is 1320. The molecule has 0 unspecified atom stereocenters. The van der Waals surface area contributed by atoms with Gasteiger partial charge in [-0.1, -0.05) is 55.5 Å². The van der Waals surface area contributed by atoms with Gasteiger partial charge in [-0.05, 0) is 43.9 Å². The lowest BCUT2D eigenvalue weighted by Gasteiger charge is -2.24. The van der Waals surface area contributed by atoms with Crippen LogP contribution in [0.25, 0.3) is 16.7 Å². The van der Waals surface area contributed by atoms with E-state index in [0.717, 1.165) is 79.4 Å². The highest BCUT2D eigenvalue weighted by Crippen LogP contribution is 2.30. The molecule has 2 aromatic carbocycles. The number of hydrogen-bond acceptors (Lipinski definition) is 5. The molecule has 1 aliphatic rings. The van der Waals surface area contributed by atoms with Crippen molar-refractivity contribution in [2.45, 2.75) is 46.0 Å². The zero-order chi connectivity index (χ0) is 24.9. The molecule has 36 heavy (non-hydrogen) atoms. The number of anilines is 1. The maximum absolute atomic E-state index is 13.0. The van der Waals surface area contributed by atoms with Crippen molar-refractivity contribution in [2.24, 2.45) is 0 Å². The minimum absolute atomic E-state index is 0.230. The van der Waals surface area contributed by atoms with Gasteiger partial charge in [0.1, 0.15) is 11.6 Å². The van der Waals surface area contributed by atoms with E-state index in [-0.39, 0.29) is 5.91 Å². The van der Waals surface area contributed by atoms with Crippen molar-refractivity contribution >= 4 is 22.8 Å². The number of fused-ring (bicyclic) bond motifs is 1. The standard InChI is InChI=1S/C29H34N6O/c1-3-11-25-30-28(27-22(2)32-35(29(27)31-25)24-14-8-5-9-15-24)34-19-10-18-33(20-21-34)26(36)17-16-23-12-6-4-7-13-23/h4-9,12-15H,3,10-11,16-21H2,1-2H3. The quantitative estimate of drug-likeness (QED) is 0.380. The number of benzene rings is 2. The first-order valence-corrected chi connectivity index (χ1v) is 13.0. The third kappa shape index (κ3) is 5.10. The third-order valence-corrected chi connectivity index (χ3v) is 6.82. The molecule has 2 aromatic heterocycles. The summed E-state index contributed by atoms with van der Waals surface area (Å²) in [6, 6.07) is 20.4. The van der Waals surface area contributed by atoms with Crippen LogP contribution in [0.15, 0.2) is 60.7 Å². The topological polar surface area (TPSA) is 67.2 Å². The van der Waals surface area contributed by atoms with E-state index >= 15 is 0 Å². The molecule has 1 saturated heterocycles. The van der Waals surface area contributed by atoms with Crippen LogP contribution >= 0.6 is 0 Å². The van der Waals surface area contributed by atoms with Crippen molar-refractivity contribution < 1.29 is 4.79 Å². The third-order valence-electron chi connectivity index (χ3n) is 6.82. The van der Waals surface area contributed by atoms with Gasteiger partial charge in [0.2, 0.25) is 5.91 Å². The maximum atomic E-state index is 13.0. The van der Waals surface area contributed by atoms with Crippen molar-refractivity contribution in [3.63, 3.8) is 0 Å². The molecule has 5 rings (SSSR count). The smallest absolute Gasteiger partial charge is 0.222 e. The molecule has 0 spiro atoms. The number of aromatic nitrogens is 4. The number of para-hydroxylation sites is 1. The Balaban J connectivity index is 1.40. The Morgan fingerprint density at radius 2 is 1.64 bits per heavy atom. The highest BCUT2D eigenvalue weighted by Gasteiger charge is 2.24. The molecular formula is C29H34N6O. The summed E-state index contributed by atoms with van der Waals surface area (Å²) in [7, 11) is 0. The number of nitrogens with zero attached hydrogens (tertiary/aromatic N) is 6. The van der Waals surface area contributed by atoms with Gasteiger partial charge < -0.3 is 9.80 Å². The molecule has 0 atom stereocenters. The van der Waals surface area contributed by atoms with Crippen molar-refractivity contribution in [1.29, 1.82) is 0 Å². The number of hydrogen-bond donors (Lipinski definition) is 0. The Kier molecular flexibility index (Phi) is 7.26. The molecule has 0 bridgehead atoms. The largest absolute Gasteiger partial charge is 0.354 e. The molecule has 1 amide bonds. The van der Waals surface area contributed by atoms with Crippen LogP contribution in [0.2, 0.25) is 0 Å². The number of carbonyl (C=O) groups excluding carboxylic acids is 1. The summed E-state index contributed by atoms with van der Waals surface area (Å²) in [5.41, 5.74) is 3.98. The minimum Gasteiger partial charge on any atom is -0.354 e. The fourth-order valence-electron chi connectivity index (χ4n) is 4.95. The number of carbonyl (C=O) groups is 1. The Morgan fingerprint density at radius 1 is 0.889 bits per heavy atom. The van der Waals surface area contributed by atoms with E-state index in [1.807, 2.05) is 52.9 Å². The molecule has 0 N–H and O–H groups in total. The van der Waals surface area contributed by atoms with Crippen molar-refractivity contribution in [3.05, 3.63) is 77.7 Å². The van der Waals surface area contributed by atoms with E-state index in [1.54, 1.807) is 0 Å². The molecule has 0 aliphatic carbocycles. The van der Waals surface area contributed by atoms with Gasteiger partial charge in [0.25, 0.3) is 0 Å². The van der Waals surface area contributed by atoms with Gasteiger partial charge in [0.05, 0.1) is 16.8 Å². The normalized spacial score (nSPS) is 14.3. The molecule has 0 radical (unpaired) electrons. The summed E-state index contributed by atoms with van der Waals surface area (Å²) in [4.78, 5) is 27.3. The van der Waals surface area contributed by atoms with E-state index < -0.39 is 0 Å². The van der Waals surface area contributed by atoms with Crippen molar-refractivity contribution in [2.75, 3.05) is 31.1 Å². The molecule has 7 nitrogen and oxygen atoms in total. The van der Waals surface area contributed by atoms with E-state index in [9.17, 15) is 4.79 Å². The number of amides is 1. The summed E-state index contributed by atoms with van der Waals surface area (Å²) in [6.07, 6.45) is 4.04. The second kappa shape index (κ2) is 10.9. The highest BCUT2D eigenvalue weighted by atomic mass is 16.2. The zero-order valence-corrected chi connectivity index (χ0v) is 21.2. The second-order valence-electron chi connectivity index (χ2n) is 9.45. The molecule has 0 saturated carbocycles. The van der Waals surface area contributed by atoms with Crippen molar-refractivity contribution in [3.8, 4) is 5.69 Å². The van der Waals surface area contributed by atoms with Crippen LogP contribution in [-0.2, 0) is 17.6 Å². The Morgan fingerprint density at radius 3 is 2.39 bits per heavy atom. The van der Waals surface area contributed by atoms with Crippen LogP contribution in [-0.4, -0.2) is 56.7 Å². The first kappa shape index (κ1) is 24.0. The first-order chi connectivity index (χ1) is 17.6. The molecule has 4 aromatic rings. The molecular weight excluding hydrogens is 448 g/mol. The average Bonchev–Trinajstić information content (AvgIpc) is 3.07. The Hall–Kier alpha value is -3.74. The van der Waals surface area contributed by atoms with E-state index in [0.29, 0.717) is 13.0 Å². The van der Waals surface area contributed by atoms with Crippen LogP contribution in [0.3, 0.4) is 0 Å². The summed E-state index contributed by atoms with van der Waals surface area (Å²) in [5, 5.41) is 5.86. The summed E-state index contributed by atoms with van der Waals surface area (Å²) >= 11 is 0. The lowest BCUT2D eigenvalue weighted by Crippen LogP contribution is -2.35. The summed E-state index contributed by atoms with van der Waals surface area (Å²) in [6.45, 7) is 7.28. The van der Waals surface area contributed by atoms with Gasteiger partial charge in [-0.2, -0.15) is 5.10 Å². The van der Waals surface area contributed by atoms with Crippen LogP contribution < -0.4 is 4.90 Å². The lowest BCUT2D eigenvalue weighted by molar-refractivity contribution is -0.130. The first-order valence-electron chi connectivity index (χ1n) is 13.0. The average molecular weight is 483 g/mol. The SMILES string of the molecule is CCCc1nc(N2CCCN(C(=O)CCc3ccccc3)CC2)c2c(C)nn(-c3ccccc3)c2n1. The summed E-state index contributed by atoms with van der Waals surface area (Å²) in [5.74, 6) is 2.02. The van der Waals surface area contributed by atoms with Crippen LogP contribution in [0.5, 0.6) is 0 Å². The number of rotatable bonds is 7. The lowest BCUT2D eigenvalue weighted by atomic mass is 10.1. The number of aryl methyl sites for hydroxylation is 3. The van der Waals surface area contributed by atoms with Gasteiger partial charge >= 0.3 is 0 Å². The highest BCUT2D eigenvalue weighted by molar-refractivity contribution is 5.91. The van der Waals surface area contributed by atoms with Crippen LogP contribution in [0, 0.1) is 6.92 Å². The van der Waals surface area contributed by atoms with Crippen LogP contribution in [0.4, 0.5) is 5.82 Å². The van der Waals surface area contributed by atoms with E-state index in [4.69, 9.17) is 15.1 Å². The Labute approximate surface area is 212 Å². The monoisotopic (exact) mass is 482 g/mol. The fraction of sp³-hybridized carbons (Fsp3) is 0.379. The molecule has 186 valence electrons. The molecule has 3 heterocycles. The second-order valence-corrected chi connectivity index (χ2v) is 9.45. The van der Waals surface area contributed by atoms with E-state index in [2.05, 4.69) is 36.1 Å². The van der Waals surface area contributed by atoms with Gasteiger partial charge in [-0.3, -0.25) is 4.79 Å². The molecule has 1 fully saturated rings. The van der Waals surface area contributed by atoms with Crippen LogP contribution in [0.1, 0.15) is 43.3 Å². The van der Waals surface area contributed by atoms with Gasteiger partial charge in [-0.15, -0.1) is 0 Å². The zero-order valence-electron chi connectivity index (χ0n) is 21.2. The van der Waals surface area contributed by atoms with Gasteiger partial charge in [-0.25, -0.2) is 14.6 Å². The van der Waals surface area contributed by atoms with E-state index in [1.165, 1.54) is 5.56 Å². The summed E-state index contributed by atoms with van der Waals surface area (Å²) < 4.78 is 1.94. The predicted molar refractivity (Wildman–Crippen MR) is 144 cm³/mol. The van der Waals surface area contributed by atoms with Crippen molar-refractivity contribution in [1.82, 2.24) is 24.6 Å². The maximum Gasteiger partial charge on any atom is 0.222 e. The predicted octanol–water partition coefficient (Wildman–Crippen LogP) is 4.75. The fourth-order valence-corrected chi connectivity index (χ4v) is 4.95. The molecule has 7 heteroatoms. The van der Waals surface area contributed by atoms with Gasteiger partial charge in [0.15, 0.2) is 5.65 Å². The minimum atomic E-state index is 0.230. The van der Waals surface area contributed by atoms with Gasteiger partial charge in [0, 0.05) is 39.0 Å². The molecule has 1 aliphatic heterocycles.